The van der Waals surface area contributed by atoms with Gasteiger partial charge in [-0.15, -0.1) is 0 Å². The maximum Gasteiger partial charge on any atom is 0.363 e. The van der Waals surface area contributed by atoms with Crippen LogP contribution < -0.4 is 9.47 Å². The van der Waals surface area contributed by atoms with Gasteiger partial charge in [0, 0.05) is 11.9 Å². The van der Waals surface area contributed by atoms with E-state index in [1.807, 2.05) is 29.5 Å². The third-order valence-corrected chi connectivity index (χ3v) is 5.03. The van der Waals surface area contributed by atoms with Crippen LogP contribution in [0, 0.1) is 3.57 Å². The summed E-state index contributed by atoms with van der Waals surface area (Å²) < 4.78 is 16.7. The predicted octanol–water partition coefficient (Wildman–Crippen LogP) is 5.27. The Morgan fingerprint density at radius 2 is 2.03 bits per heavy atom. The van der Waals surface area contributed by atoms with Crippen molar-refractivity contribution >= 4 is 69.7 Å². The van der Waals surface area contributed by atoms with Crippen LogP contribution in [0.3, 0.4) is 0 Å². The van der Waals surface area contributed by atoms with Gasteiger partial charge in [0.2, 0.25) is 5.90 Å². The molecule has 1 aliphatic rings. The average molecular weight is 546 g/mol. The van der Waals surface area contributed by atoms with Crippen molar-refractivity contribution in [2.75, 3.05) is 6.61 Å². The molecule has 0 aliphatic carbocycles. The zero-order valence-corrected chi connectivity index (χ0v) is 19.0. The number of aliphatic imine (C=N–C) groups is 1. The molecule has 0 spiro atoms. The highest BCUT2D eigenvalue weighted by Gasteiger charge is 2.26. The molecule has 6 nitrogen and oxygen atoms in total. The molecule has 0 aromatic heterocycles. The second-order valence-electron chi connectivity index (χ2n) is 5.82. The Labute approximate surface area is 190 Å². The van der Waals surface area contributed by atoms with Gasteiger partial charge in [0.1, 0.15) is 0 Å². The fourth-order valence-electron chi connectivity index (χ4n) is 2.52. The van der Waals surface area contributed by atoms with Gasteiger partial charge in [-0.2, -0.15) is 0 Å². The number of benzene rings is 2. The Bertz CT molecular complexity index is 1070. The van der Waals surface area contributed by atoms with Crippen molar-refractivity contribution in [3.8, 4) is 11.5 Å². The molecule has 1 aliphatic heterocycles. The molecule has 0 amide bonds. The number of rotatable bonds is 5. The van der Waals surface area contributed by atoms with Crippen molar-refractivity contribution in [1.82, 2.24) is 0 Å². The molecule has 1 heterocycles. The first-order valence-electron chi connectivity index (χ1n) is 8.41. The largest absolute Gasteiger partial charge is 0.490 e. The van der Waals surface area contributed by atoms with E-state index in [1.165, 1.54) is 6.92 Å². The number of carbonyl (C=O) groups is 2. The van der Waals surface area contributed by atoms with Gasteiger partial charge in [0.25, 0.3) is 0 Å². The first kappa shape index (κ1) is 21.6. The van der Waals surface area contributed by atoms with Crippen molar-refractivity contribution in [3.63, 3.8) is 0 Å². The number of halogens is 3. The van der Waals surface area contributed by atoms with E-state index in [0.717, 1.165) is 0 Å². The van der Waals surface area contributed by atoms with E-state index in [2.05, 4.69) is 4.99 Å². The number of cyclic esters (lactones) is 1. The molecule has 9 heteroatoms. The van der Waals surface area contributed by atoms with Gasteiger partial charge >= 0.3 is 11.9 Å². The van der Waals surface area contributed by atoms with E-state index in [9.17, 15) is 9.59 Å². The summed E-state index contributed by atoms with van der Waals surface area (Å²) in [5.41, 5.74) is 1.14. The summed E-state index contributed by atoms with van der Waals surface area (Å²) in [4.78, 5) is 27.9. The quantitative estimate of drug-likeness (QED) is 0.221. The number of ether oxygens (including phenoxy) is 3. The van der Waals surface area contributed by atoms with E-state index < -0.39 is 11.9 Å². The molecule has 0 saturated carbocycles. The maximum absolute atomic E-state index is 12.3. The van der Waals surface area contributed by atoms with Gasteiger partial charge in [-0.05, 0) is 71.5 Å². The lowest BCUT2D eigenvalue weighted by atomic mass is 10.1. The Morgan fingerprint density at radius 1 is 1.28 bits per heavy atom. The van der Waals surface area contributed by atoms with E-state index in [4.69, 9.17) is 37.4 Å². The van der Waals surface area contributed by atoms with Gasteiger partial charge in [-0.1, -0.05) is 23.2 Å². The predicted molar refractivity (Wildman–Crippen MR) is 119 cm³/mol. The first-order chi connectivity index (χ1) is 13.8. The SMILES string of the molecule is CCOc1cc(/C=C2/N=C(c3cc(Cl)ccc3Cl)OC2=O)cc(I)c1OC(C)=O. The Balaban J connectivity index is 2.01. The van der Waals surface area contributed by atoms with E-state index >= 15 is 0 Å². The molecule has 2 aromatic carbocycles. The number of hydrogen-bond donors (Lipinski definition) is 0. The minimum absolute atomic E-state index is 0.0741. The van der Waals surface area contributed by atoms with Crippen molar-refractivity contribution in [1.29, 1.82) is 0 Å². The van der Waals surface area contributed by atoms with Crippen molar-refractivity contribution in [2.45, 2.75) is 13.8 Å². The summed E-state index contributed by atoms with van der Waals surface area (Å²) in [6, 6.07) is 8.19. The van der Waals surface area contributed by atoms with Crippen LogP contribution in [-0.2, 0) is 14.3 Å². The van der Waals surface area contributed by atoms with Gasteiger partial charge in [0.05, 0.1) is 20.8 Å². The third kappa shape index (κ3) is 5.09. The van der Waals surface area contributed by atoms with Crippen molar-refractivity contribution in [2.24, 2.45) is 4.99 Å². The van der Waals surface area contributed by atoms with Crippen LogP contribution >= 0.6 is 45.8 Å². The summed E-state index contributed by atoms with van der Waals surface area (Å²) in [5.74, 6) is -0.291. The van der Waals surface area contributed by atoms with Crippen LogP contribution in [0.25, 0.3) is 6.08 Å². The lowest BCUT2D eigenvalue weighted by Crippen LogP contribution is -2.06. The Morgan fingerprint density at radius 3 is 2.72 bits per heavy atom. The molecule has 150 valence electrons. The molecular weight excluding hydrogens is 532 g/mol. The topological polar surface area (TPSA) is 74.2 Å². The molecule has 0 radical (unpaired) electrons. The summed E-state index contributed by atoms with van der Waals surface area (Å²) >= 11 is 14.2. The normalized spacial score (nSPS) is 14.6. The number of nitrogens with zero attached hydrogens (tertiary/aromatic N) is 1. The Kier molecular flexibility index (Phi) is 6.81. The zero-order valence-electron chi connectivity index (χ0n) is 15.3. The van der Waals surface area contributed by atoms with E-state index in [0.29, 0.717) is 42.8 Å². The van der Waals surface area contributed by atoms with Gasteiger partial charge in [0.15, 0.2) is 17.2 Å². The van der Waals surface area contributed by atoms with Gasteiger partial charge < -0.3 is 14.2 Å². The molecule has 0 unspecified atom stereocenters. The minimum Gasteiger partial charge on any atom is -0.490 e. The molecule has 29 heavy (non-hydrogen) atoms. The molecule has 0 fully saturated rings. The van der Waals surface area contributed by atoms with Crippen molar-refractivity contribution < 1.29 is 23.8 Å². The summed E-state index contributed by atoms with van der Waals surface area (Å²) in [5, 5.41) is 0.804. The highest BCUT2D eigenvalue weighted by atomic mass is 127. The minimum atomic E-state index is -0.618. The van der Waals surface area contributed by atoms with Gasteiger partial charge in [-0.25, -0.2) is 9.79 Å². The highest BCUT2D eigenvalue weighted by Crippen LogP contribution is 2.35. The van der Waals surface area contributed by atoms with E-state index in [1.54, 1.807) is 36.4 Å². The van der Waals surface area contributed by atoms with E-state index in [-0.39, 0.29) is 11.6 Å². The third-order valence-electron chi connectivity index (χ3n) is 3.66. The van der Waals surface area contributed by atoms with Gasteiger partial charge in [-0.3, -0.25) is 4.79 Å². The summed E-state index contributed by atoms with van der Waals surface area (Å²) in [6.07, 6.45) is 1.55. The molecule has 0 bridgehead atoms. The highest BCUT2D eigenvalue weighted by molar-refractivity contribution is 14.1. The molecule has 0 atom stereocenters. The molecule has 0 N–H and O–H groups in total. The lowest BCUT2D eigenvalue weighted by molar-refractivity contribution is -0.132. The average Bonchev–Trinajstić information content (AvgIpc) is 3.00. The monoisotopic (exact) mass is 545 g/mol. The van der Waals surface area contributed by atoms with Crippen molar-refractivity contribution in [3.05, 3.63) is 60.8 Å². The number of hydrogen-bond acceptors (Lipinski definition) is 6. The number of esters is 2. The number of carbonyl (C=O) groups excluding carboxylic acids is 2. The summed E-state index contributed by atoms with van der Waals surface area (Å²) in [6.45, 7) is 3.50. The summed E-state index contributed by atoms with van der Waals surface area (Å²) in [7, 11) is 0. The lowest BCUT2D eigenvalue weighted by Gasteiger charge is -2.12. The molecule has 0 saturated heterocycles. The molecule has 3 rings (SSSR count). The first-order valence-corrected chi connectivity index (χ1v) is 10.2. The second-order valence-corrected chi connectivity index (χ2v) is 7.82. The zero-order chi connectivity index (χ0) is 21.1. The van der Waals surface area contributed by atoms with Crippen LogP contribution in [0.5, 0.6) is 11.5 Å². The van der Waals surface area contributed by atoms with Crippen LogP contribution in [0.1, 0.15) is 25.0 Å². The Hall–Kier alpha value is -2.10. The fourth-order valence-corrected chi connectivity index (χ4v) is 3.63. The fraction of sp³-hybridized carbons (Fsp3) is 0.150. The maximum atomic E-state index is 12.3. The smallest absolute Gasteiger partial charge is 0.363 e. The van der Waals surface area contributed by atoms with Crippen LogP contribution in [-0.4, -0.2) is 24.4 Å². The van der Waals surface area contributed by atoms with Crippen LogP contribution in [0.2, 0.25) is 10.0 Å². The van der Waals surface area contributed by atoms with Crippen LogP contribution in [0.15, 0.2) is 41.0 Å². The van der Waals surface area contributed by atoms with Crippen LogP contribution in [0.4, 0.5) is 0 Å². The molecule has 2 aromatic rings. The standard InChI is InChI=1S/C20H14Cl2INO5/c1-3-27-17-8-11(6-15(23)18(17)28-10(2)25)7-16-20(26)29-19(24-16)13-9-12(21)4-5-14(13)22/h4-9H,3H2,1-2H3/b16-7+. The second kappa shape index (κ2) is 9.15. The molecular formula is C20H14Cl2INO5.